The van der Waals surface area contributed by atoms with Crippen LogP contribution in [0.4, 0.5) is 0 Å². The van der Waals surface area contributed by atoms with Crippen molar-refractivity contribution in [2.24, 2.45) is 0 Å². The standard InChI is InChI=1S/C10H16N2O2S/c1-10(2,3)12-5-4-11-8(9(12)14)15-7-6-13/h4-5,13H,6-7H2,1-3H3. The van der Waals surface area contributed by atoms with Crippen LogP contribution < -0.4 is 5.56 Å². The Morgan fingerprint density at radius 3 is 2.73 bits per heavy atom. The van der Waals surface area contributed by atoms with Gasteiger partial charge in [-0.3, -0.25) is 4.79 Å². The third-order valence-corrected chi connectivity index (χ3v) is 2.80. The SMILES string of the molecule is CC(C)(C)n1ccnc(SCCO)c1=O. The highest BCUT2D eigenvalue weighted by Crippen LogP contribution is 2.13. The summed E-state index contributed by atoms with van der Waals surface area (Å²) in [6.45, 7) is 5.95. The zero-order valence-electron chi connectivity index (χ0n) is 9.23. The van der Waals surface area contributed by atoms with Crippen LogP contribution in [0.3, 0.4) is 0 Å². The summed E-state index contributed by atoms with van der Waals surface area (Å²) < 4.78 is 1.65. The van der Waals surface area contributed by atoms with Gasteiger partial charge in [-0.25, -0.2) is 4.98 Å². The van der Waals surface area contributed by atoms with Crippen molar-refractivity contribution in [2.45, 2.75) is 31.3 Å². The highest BCUT2D eigenvalue weighted by molar-refractivity contribution is 7.99. The molecule has 0 atom stereocenters. The number of aliphatic hydroxyl groups is 1. The predicted octanol–water partition coefficient (Wildman–Crippen LogP) is 1.08. The molecular formula is C10H16N2O2S. The molecule has 84 valence electrons. The number of thioether (sulfide) groups is 1. The molecule has 1 rings (SSSR count). The summed E-state index contributed by atoms with van der Waals surface area (Å²) in [6.07, 6.45) is 3.30. The lowest BCUT2D eigenvalue weighted by molar-refractivity contribution is 0.322. The second-order valence-corrected chi connectivity index (χ2v) is 5.23. The third kappa shape index (κ3) is 3.07. The number of aromatic nitrogens is 2. The average molecular weight is 228 g/mol. The monoisotopic (exact) mass is 228 g/mol. The van der Waals surface area contributed by atoms with E-state index in [0.29, 0.717) is 10.8 Å². The molecule has 5 heteroatoms. The van der Waals surface area contributed by atoms with Crippen LogP contribution in [0.2, 0.25) is 0 Å². The van der Waals surface area contributed by atoms with Gasteiger partial charge in [0.05, 0.1) is 6.61 Å². The van der Waals surface area contributed by atoms with E-state index in [1.54, 1.807) is 17.0 Å². The lowest BCUT2D eigenvalue weighted by Crippen LogP contribution is -2.34. The molecule has 0 amide bonds. The second kappa shape index (κ2) is 4.81. The maximum absolute atomic E-state index is 11.9. The molecule has 0 unspecified atom stereocenters. The Morgan fingerprint density at radius 1 is 1.53 bits per heavy atom. The average Bonchev–Trinajstić information content (AvgIpc) is 2.14. The summed E-state index contributed by atoms with van der Waals surface area (Å²) in [5.74, 6) is 0.496. The largest absolute Gasteiger partial charge is 0.396 e. The Hall–Kier alpha value is -0.810. The summed E-state index contributed by atoms with van der Waals surface area (Å²) in [5.41, 5.74) is -0.336. The van der Waals surface area contributed by atoms with Gasteiger partial charge in [-0.2, -0.15) is 0 Å². The van der Waals surface area contributed by atoms with Crippen molar-refractivity contribution < 1.29 is 5.11 Å². The first kappa shape index (κ1) is 12.3. The van der Waals surface area contributed by atoms with Crippen LogP contribution in [-0.2, 0) is 5.54 Å². The van der Waals surface area contributed by atoms with Crippen molar-refractivity contribution in [1.29, 1.82) is 0 Å². The molecule has 0 radical (unpaired) electrons. The minimum Gasteiger partial charge on any atom is -0.396 e. The van der Waals surface area contributed by atoms with E-state index in [1.807, 2.05) is 20.8 Å². The van der Waals surface area contributed by atoms with Crippen LogP contribution in [0.5, 0.6) is 0 Å². The number of rotatable bonds is 3. The smallest absolute Gasteiger partial charge is 0.283 e. The molecule has 0 saturated heterocycles. The van der Waals surface area contributed by atoms with Gasteiger partial charge in [-0.15, -0.1) is 0 Å². The molecule has 1 N–H and O–H groups in total. The number of hydrogen-bond acceptors (Lipinski definition) is 4. The van der Waals surface area contributed by atoms with Gasteiger partial charge < -0.3 is 9.67 Å². The van der Waals surface area contributed by atoms with Crippen molar-refractivity contribution in [2.75, 3.05) is 12.4 Å². The normalized spacial score (nSPS) is 11.7. The highest BCUT2D eigenvalue weighted by Gasteiger charge is 2.16. The van der Waals surface area contributed by atoms with Crippen LogP contribution in [0, 0.1) is 0 Å². The predicted molar refractivity (Wildman–Crippen MR) is 61.3 cm³/mol. The summed E-state index contributed by atoms with van der Waals surface area (Å²) >= 11 is 1.28. The Balaban J connectivity index is 3.07. The lowest BCUT2D eigenvalue weighted by atomic mass is 10.1. The molecule has 0 aromatic carbocycles. The quantitative estimate of drug-likeness (QED) is 0.787. The van der Waals surface area contributed by atoms with Gasteiger partial charge in [0.25, 0.3) is 5.56 Å². The van der Waals surface area contributed by atoms with Crippen molar-refractivity contribution in [3.05, 3.63) is 22.7 Å². The van der Waals surface area contributed by atoms with Crippen LogP contribution in [0.25, 0.3) is 0 Å². The lowest BCUT2D eigenvalue weighted by Gasteiger charge is -2.22. The van der Waals surface area contributed by atoms with Crippen molar-refractivity contribution in [1.82, 2.24) is 9.55 Å². The maximum Gasteiger partial charge on any atom is 0.283 e. The molecule has 1 heterocycles. The first-order valence-electron chi connectivity index (χ1n) is 4.78. The van der Waals surface area contributed by atoms with Gasteiger partial charge in [0.2, 0.25) is 0 Å². The zero-order valence-corrected chi connectivity index (χ0v) is 10.0. The van der Waals surface area contributed by atoms with Gasteiger partial charge in [0.15, 0.2) is 5.03 Å². The van der Waals surface area contributed by atoms with E-state index in [-0.39, 0.29) is 17.7 Å². The fourth-order valence-electron chi connectivity index (χ4n) is 1.16. The summed E-state index contributed by atoms with van der Waals surface area (Å²) in [4.78, 5) is 15.9. The van der Waals surface area contributed by atoms with Gasteiger partial charge >= 0.3 is 0 Å². The fraction of sp³-hybridized carbons (Fsp3) is 0.600. The van der Waals surface area contributed by atoms with Crippen molar-refractivity contribution in [3.8, 4) is 0 Å². The molecule has 1 aromatic heterocycles. The molecule has 1 aromatic rings. The molecule has 0 saturated carbocycles. The van der Waals surface area contributed by atoms with Crippen LogP contribution in [0.1, 0.15) is 20.8 Å². The van der Waals surface area contributed by atoms with Crippen LogP contribution in [-0.4, -0.2) is 27.0 Å². The maximum atomic E-state index is 11.9. The Morgan fingerprint density at radius 2 is 2.20 bits per heavy atom. The molecule has 15 heavy (non-hydrogen) atoms. The van der Waals surface area contributed by atoms with Gasteiger partial charge in [-0.05, 0) is 20.8 Å². The molecular weight excluding hydrogens is 212 g/mol. The Kier molecular flexibility index (Phi) is 3.93. The number of nitrogens with zero attached hydrogens (tertiary/aromatic N) is 2. The van der Waals surface area contributed by atoms with Crippen molar-refractivity contribution >= 4 is 11.8 Å². The molecule has 0 aliphatic rings. The fourth-order valence-corrected chi connectivity index (χ4v) is 1.81. The Bertz CT molecular complexity index is 382. The Labute approximate surface area is 93.3 Å². The van der Waals surface area contributed by atoms with Gasteiger partial charge in [0, 0.05) is 23.7 Å². The van der Waals surface area contributed by atoms with E-state index in [4.69, 9.17) is 5.11 Å². The van der Waals surface area contributed by atoms with E-state index in [1.165, 1.54) is 11.8 Å². The van der Waals surface area contributed by atoms with E-state index in [2.05, 4.69) is 4.98 Å². The molecule has 0 fully saturated rings. The first-order valence-corrected chi connectivity index (χ1v) is 5.77. The number of hydrogen-bond donors (Lipinski definition) is 1. The van der Waals surface area contributed by atoms with Gasteiger partial charge in [-0.1, -0.05) is 11.8 Å². The van der Waals surface area contributed by atoms with Crippen LogP contribution in [0.15, 0.2) is 22.2 Å². The minimum absolute atomic E-state index is 0.0518. The number of aliphatic hydroxyl groups excluding tert-OH is 1. The molecule has 0 aliphatic carbocycles. The molecule has 0 spiro atoms. The van der Waals surface area contributed by atoms with E-state index in [0.717, 1.165) is 0 Å². The third-order valence-electron chi connectivity index (χ3n) is 1.86. The summed E-state index contributed by atoms with van der Waals surface area (Å²) in [6, 6.07) is 0. The molecule has 0 bridgehead atoms. The van der Waals surface area contributed by atoms with E-state index >= 15 is 0 Å². The summed E-state index contributed by atoms with van der Waals surface area (Å²) in [5, 5.41) is 9.14. The summed E-state index contributed by atoms with van der Waals surface area (Å²) in [7, 11) is 0. The molecule has 0 aliphatic heterocycles. The first-order chi connectivity index (χ1) is 6.96. The molecule has 4 nitrogen and oxygen atoms in total. The van der Waals surface area contributed by atoms with Gasteiger partial charge in [0.1, 0.15) is 0 Å². The van der Waals surface area contributed by atoms with Crippen LogP contribution >= 0.6 is 11.8 Å². The van der Waals surface area contributed by atoms with E-state index in [9.17, 15) is 4.79 Å². The van der Waals surface area contributed by atoms with E-state index < -0.39 is 0 Å². The minimum atomic E-state index is -0.242. The zero-order chi connectivity index (χ0) is 11.5. The second-order valence-electron chi connectivity index (χ2n) is 4.15. The topological polar surface area (TPSA) is 55.1 Å². The van der Waals surface area contributed by atoms with Crippen molar-refractivity contribution in [3.63, 3.8) is 0 Å². The highest BCUT2D eigenvalue weighted by atomic mass is 32.2.